The molecule has 0 atom stereocenters. The fraction of sp³-hybridized carbons (Fsp3) is 0.455. The van der Waals surface area contributed by atoms with Crippen molar-refractivity contribution in [1.82, 2.24) is 4.98 Å². The number of carbonyl (C=O) groups excluding carboxylic acids is 1. The number of amides is 1. The average Bonchev–Trinajstić information content (AvgIpc) is 2.16. The Labute approximate surface area is 116 Å². The first-order valence-corrected chi connectivity index (χ1v) is 6.00. The minimum atomic E-state index is -4.50. The van der Waals surface area contributed by atoms with Gasteiger partial charge in [-0.2, -0.15) is 13.2 Å². The van der Waals surface area contributed by atoms with Gasteiger partial charge in [0.1, 0.15) is 10.2 Å². The molecule has 106 valence electrons. The number of carbonyl (C=O) groups is 1. The first kappa shape index (κ1) is 15.7. The Morgan fingerprint density at radius 3 is 2.53 bits per heavy atom. The van der Waals surface area contributed by atoms with Crippen LogP contribution in [-0.4, -0.2) is 16.7 Å². The zero-order valence-corrected chi connectivity index (χ0v) is 11.8. The number of pyridine rings is 1. The fourth-order valence-corrected chi connectivity index (χ4v) is 2.03. The normalized spacial score (nSPS) is 12.3. The smallest absolute Gasteiger partial charge is 0.419 e. The Hall–Kier alpha value is -1.31. The van der Waals surface area contributed by atoms with Gasteiger partial charge in [-0.05, 0) is 41.4 Å². The molecule has 0 saturated heterocycles. The third-order valence-corrected chi connectivity index (χ3v) is 2.84. The molecule has 0 radical (unpaired) electrons. The van der Waals surface area contributed by atoms with Crippen LogP contribution < -0.4 is 5.73 Å². The second-order valence-corrected chi connectivity index (χ2v) is 5.29. The summed E-state index contributed by atoms with van der Waals surface area (Å²) in [6.07, 6.45) is -4.13. The molecule has 8 heteroatoms. The lowest BCUT2D eigenvalue weighted by molar-refractivity contribution is -0.138. The zero-order valence-electron chi connectivity index (χ0n) is 10.2. The van der Waals surface area contributed by atoms with E-state index in [1.807, 2.05) is 0 Å². The molecule has 1 aromatic heterocycles. The molecule has 0 spiro atoms. The van der Waals surface area contributed by atoms with Crippen LogP contribution in [0.2, 0.25) is 0 Å². The van der Waals surface area contributed by atoms with Crippen LogP contribution in [-0.2, 0) is 17.3 Å². The highest BCUT2D eigenvalue weighted by Gasteiger charge is 2.34. The molecule has 1 heterocycles. The highest BCUT2D eigenvalue weighted by molar-refractivity contribution is 9.10. The number of halogens is 4. The number of nitrogens with zero attached hydrogens (tertiary/aromatic N) is 1. The molecular formula is C11H12BrF3N2O2. The van der Waals surface area contributed by atoms with Crippen molar-refractivity contribution in [2.24, 2.45) is 5.73 Å². The standard InChI is InChI=1S/C11H12BrF3N2O2/c1-10(2,19-9(16)18)4-6-3-7(11(13,14)15)8(12)17-5-6/h3,5H,4H2,1-2H3,(H2,16,18). The van der Waals surface area contributed by atoms with Crippen LogP contribution in [0.1, 0.15) is 25.0 Å². The van der Waals surface area contributed by atoms with E-state index in [1.165, 1.54) is 6.20 Å². The Morgan fingerprint density at radius 2 is 2.05 bits per heavy atom. The number of hydrogen-bond donors (Lipinski definition) is 1. The number of rotatable bonds is 3. The lowest BCUT2D eigenvalue weighted by Gasteiger charge is -2.24. The van der Waals surface area contributed by atoms with Gasteiger partial charge in [-0.25, -0.2) is 9.78 Å². The van der Waals surface area contributed by atoms with Crippen molar-refractivity contribution in [2.45, 2.75) is 32.0 Å². The topological polar surface area (TPSA) is 65.2 Å². The van der Waals surface area contributed by atoms with E-state index in [1.54, 1.807) is 13.8 Å². The van der Waals surface area contributed by atoms with Gasteiger partial charge < -0.3 is 10.5 Å². The van der Waals surface area contributed by atoms with Gasteiger partial charge in [-0.3, -0.25) is 0 Å². The summed E-state index contributed by atoms with van der Waals surface area (Å²) in [5, 5.41) is 0. The van der Waals surface area contributed by atoms with Crippen LogP contribution in [0.5, 0.6) is 0 Å². The van der Waals surface area contributed by atoms with Crippen LogP contribution in [0, 0.1) is 0 Å². The zero-order chi connectivity index (χ0) is 14.8. The third kappa shape index (κ3) is 4.70. The molecule has 0 unspecified atom stereocenters. The molecule has 0 aromatic carbocycles. The minimum absolute atomic E-state index is 0.0687. The summed E-state index contributed by atoms with van der Waals surface area (Å²) in [6, 6.07) is 0.961. The summed E-state index contributed by atoms with van der Waals surface area (Å²) in [4.78, 5) is 14.3. The van der Waals surface area contributed by atoms with Gasteiger partial charge in [-0.15, -0.1) is 0 Å². The molecule has 0 aliphatic heterocycles. The first-order valence-electron chi connectivity index (χ1n) is 5.21. The Morgan fingerprint density at radius 1 is 1.47 bits per heavy atom. The highest BCUT2D eigenvalue weighted by atomic mass is 79.9. The van der Waals surface area contributed by atoms with Crippen molar-refractivity contribution in [3.05, 3.63) is 28.0 Å². The van der Waals surface area contributed by atoms with E-state index in [0.717, 1.165) is 6.07 Å². The lowest BCUT2D eigenvalue weighted by atomic mass is 9.98. The molecule has 0 bridgehead atoms. The van der Waals surface area contributed by atoms with E-state index in [9.17, 15) is 18.0 Å². The molecule has 1 aromatic rings. The maximum Gasteiger partial charge on any atom is 0.419 e. The summed E-state index contributed by atoms with van der Waals surface area (Å²) in [5.41, 5.74) is 3.30. The maximum atomic E-state index is 12.7. The molecule has 0 saturated carbocycles. The summed E-state index contributed by atoms with van der Waals surface area (Å²) in [7, 11) is 0. The predicted molar refractivity (Wildman–Crippen MR) is 65.4 cm³/mol. The van der Waals surface area contributed by atoms with Crippen LogP contribution in [0.4, 0.5) is 18.0 Å². The van der Waals surface area contributed by atoms with Crippen LogP contribution in [0.25, 0.3) is 0 Å². The molecule has 1 rings (SSSR count). The van der Waals surface area contributed by atoms with E-state index in [-0.39, 0.29) is 11.0 Å². The monoisotopic (exact) mass is 340 g/mol. The Balaban J connectivity index is 3.01. The van der Waals surface area contributed by atoms with E-state index in [0.29, 0.717) is 5.56 Å². The van der Waals surface area contributed by atoms with Gasteiger partial charge in [-0.1, -0.05) is 0 Å². The number of nitrogens with two attached hydrogens (primary N) is 1. The van der Waals surface area contributed by atoms with E-state index in [2.05, 4.69) is 20.9 Å². The van der Waals surface area contributed by atoms with Gasteiger partial charge in [0.25, 0.3) is 0 Å². The van der Waals surface area contributed by atoms with Crippen molar-refractivity contribution in [1.29, 1.82) is 0 Å². The second kappa shape index (κ2) is 5.36. The molecule has 2 N–H and O–H groups in total. The maximum absolute atomic E-state index is 12.7. The molecule has 1 amide bonds. The molecule has 4 nitrogen and oxygen atoms in total. The largest absolute Gasteiger partial charge is 0.443 e. The van der Waals surface area contributed by atoms with Crippen molar-refractivity contribution in [3.8, 4) is 0 Å². The van der Waals surface area contributed by atoms with Gasteiger partial charge >= 0.3 is 12.3 Å². The lowest BCUT2D eigenvalue weighted by Crippen LogP contribution is -2.33. The molecule has 0 fully saturated rings. The van der Waals surface area contributed by atoms with Crippen molar-refractivity contribution in [2.75, 3.05) is 0 Å². The van der Waals surface area contributed by atoms with E-state index in [4.69, 9.17) is 10.5 Å². The van der Waals surface area contributed by atoms with E-state index < -0.39 is 23.4 Å². The SMILES string of the molecule is CC(C)(Cc1cnc(Br)c(C(F)(F)F)c1)OC(N)=O. The average molecular weight is 341 g/mol. The molecule has 0 aliphatic rings. The van der Waals surface area contributed by atoms with Crippen molar-refractivity contribution < 1.29 is 22.7 Å². The molecule has 0 aliphatic carbocycles. The number of aromatic nitrogens is 1. The quantitative estimate of drug-likeness (QED) is 0.858. The predicted octanol–water partition coefficient (Wildman–Crippen LogP) is 3.28. The first-order chi connectivity index (χ1) is 8.51. The number of ether oxygens (including phenoxy) is 1. The molecular weight excluding hydrogens is 329 g/mol. The van der Waals surface area contributed by atoms with Gasteiger partial charge in [0, 0.05) is 12.6 Å². The van der Waals surface area contributed by atoms with Gasteiger partial charge in [0.05, 0.1) is 5.56 Å². The van der Waals surface area contributed by atoms with Crippen LogP contribution in [0.15, 0.2) is 16.9 Å². The highest BCUT2D eigenvalue weighted by Crippen LogP contribution is 2.34. The number of primary amides is 1. The van der Waals surface area contributed by atoms with Crippen molar-refractivity contribution in [3.63, 3.8) is 0 Å². The summed E-state index contributed by atoms with van der Waals surface area (Å²) in [6.45, 7) is 3.10. The molecule has 19 heavy (non-hydrogen) atoms. The second-order valence-electron chi connectivity index (χ2n) is 4.54. The van der Waals surface area contributed by atoms with Gasteiger partial charge in [0.2, 0.25) is 0 Å². The van der Waals surface area contributed by atoms with Crippen LogP contribution in [0.3, 0.4) is 0 Å². The minimum Gasteiger partial charge on any atom is -0.443 e. The fourth-order valence-electron chi connectivity index (χ4n) is 1.59. The van der Waals surface area contributed by atoms with Crippen molar-refractivity contribution >= 4 is 22.0 Å². The summed E-state index contributed by atoms with van der Waals surface area (Å²) < 4.78 is 42.6. The Bertz CT molecular complexity index is 489. The van der Waals surface area contributed by atoms with Crippen LogP contribution >= 0.6 is 15.9 Å². The van der Waals surface area contributed by atoms with Gasteiger partial charge in [0.15, 0.2) is 0 Å². The summed E-state index contributed by atoms with van der Waals surface area (Å²) in [5.74, 6) is 0. The number of alkyl halides is 3. The number of hydrogen-bond acceptors (Lipinski definition) is 3. The van der Waals surface area contributed by atoms with E-state index >= 15 is 0 Å². The summed E-state index contributed by atoms with van der Waals surface area (Å²) >= 11 is 2.75. The third-order valence-electron chi connectivity index (χ3n) is 2.21. The Kier molecular flexibility index (Phi) is 4.44.